The third kappa shape index (κ3) is 27.6. The topological polar surface area (TPSA) is 146 Å². The van der Waals surface area contributed by atoms with Gasteiger partial charge in [-0.1, -0.05) is 35.0 Å². The highest BCUT2D eigenvalue weighted by Crippen LogP contribution is 2.12. The van der Waals surface area contributed by atoms with E-state index in [0.717, 1.165) is 18.9 Å². The number of alkyl halides is 1. The van der Waals surface area contributed by atoms with Crippen LogP contribution in [0.3, 0.4) is 0 Å². The summed E-state index contributed by atoms with van der Waals surface area (Å²) >= 11 is 7.53. The van der Waals surface area contributed by atoms with Gasteiger partial charge in [0.15, 0.2) is 5.78 Å². The number of halogens is 4. The molecule has 0 fully saturated rings. The van der Waals surface area contributed by atoms with E-state index >= 15 is 0 Å². The van der Waals surface area contributed by atoms with Gasteiger partial charge in [-0.2, -0.15) is 0 Å². The summed E-state index contributed by atoms with van der Waals surface area (Å²) in [6.45, 7) is 9.79. The maximum Gasteiger partial charge on any atom is 0.410 e. The predicted molar refractivity (Wildman–Crippen MR) is 210 cm³/mol. The number of aromatic nitrogens is 2. The molecular weight excluding hydrogens is 920 g/mol. The number of nitrogens with zero attached hydrogens (tertiary/aromatic N) is 3. The third-order valence-corrected chi connectivity index (χ3v) is 6.71. The Bertz CT molecular complexity index is 1200. The van der Waals surface area contributed by atoms with Crippen molar-refractivity contribution in [1.82, 2.24) is 20.2 Å². The molecule has 2 heterocycles. The van der Waals surface area contributed by atoms with E-state index in [9.17, 15) is 14.4 Å². The molecule has 0 unspecified atom stereocenters. The number of amides is 2. The highest BCUT2D eigenvalue weighted by molar-refractivity contribution is 14.1. The normalized spacial score (nSPS) is 10.5. The van der Waals surface area contributed by atoms with E-state index in [-0.39, 0.29) is 24.1 Å². The fourth-order valence-electron chi connectivity index (χ4n) is 2.84. The molecule has 15 heteroatoms. The van der Waals surface area contributed by atoms with Gasteiger partial charge < -0.3 is 30.2 Å². The Morgan fingerprint density at radius 3 is 1.94 bits per heavy atom. The molecule has 0 aliphatic heterocycles. The second-order valence-electron chi connectivity index (χ2n) is 10.1. The number of ketones is 1. The van der Waals surface area contributed by atoms with Gasteiger partial charge >= 0.3 is 6.09 Å². The zero-order chi connectivity index (χ0) is 34.8. The van der Waals surface area contributed by atoms with Crippen LogP contribution in [0.5, 0.6) is 11.8 Å². The van der Waals surface area contributed by atoms with Crippen molar-refractivity contribution >= 4 is 91.3 Å². The summed E-state index contributed by atoms with van der Waals surface area (Å²) in [6, 6.07) is 7.56. The van der Waals surface area contributed by atoms with Crippen molar-refractivity contribution < 1.29 is 28.6 Å². The first kappa shape index (κ1) is 47.1. The number of rotatable bonds is 15. The molecular formula is C32H47BrClI2N5O6. The largest absolute Gasteiger partial charge is 0.478 e. The first-order chi connectivity index (χ1) is 21.8. The zero-order valence-corrected chi connectivity index (χ0v) is 34.3. The van der Waals surface area contributed by atoms with E-state index in [4.69, 9.17) is 19.9 Å². The van der Waals surface area contributed by atoms with Crippen molar-refractivity contribution in [3.05, 3.63) is 68.1 Å². The number of nitrogens with two attached hydrogens (primary N) is 1. The van der Waals surface area contributed by atoms with Crippen LogP contribution in [0.2, 0.25) is 0 Å². The molecule has 0 bridgehead atoms. The minimum absolute atomic E-state index is 0. The number of nitrogens with one attached hydrogen (secondary N) is 1. The smallest absolute Gasteiger partial charge is 0.410 e. The van der Waals surface area contributed by atoms with E-state index < -0.39 is 11.7 Å². The molecule has 0 aliphatic rings. The minimum atomic E-state index is -0.570. The molecule has 2 amide bonds. The molecule has 3 N–H and O–H groups in total. The number of hydrogen-bond donors (Lipinski definition) is 2. The number of hydrogen-bond acceptors (Lipinski definition) is 9. The van der Waals surface area contributed by atoms with Crippen LogP contribution in [0.1, 0.15) is 47.0 Å². The second kappa shape index (κ2) is 28.9. The summed E-state index contributed by atoms with van der Waals surface area (Å²) in [5, 5.41) is 3.18. The molecule has 2 aromatic heterocycles. The van der Waals surface area contributed by atoms with Crippen LogP contribution in [-0.2, 0) is 14.3 Å². The second-order valence-corrected chi connectivity index (χ2v) is 13.3. The summed E-state index contributed by atoms with van der Waals surface area (Å²) in [5.74, 6) is 1.19. The summed E-state index contributed by atoms with van der Waals surface area (Å²) in [6.07, 6.45) is 11.5. The number of carbonyl (C=O) groups is 3. The molecule has 2 rings (SSSR count). The van der Waals surface area contributed by atoms with E-state index in [0.29, 0.717) is 57.4 Å². The zero-order valence-electron chi connectivity index (χ0n) is 27.5. The summed E-state index contributed by atoms with van der Waals surface area (Å²) in [5.41, 5.74) is 4.75. The lowest BCUT2D eigenvalue weighted by Crippen LogP contribution is -2.38. The molecule has 0 spiro atoms. The van der Waals surface area contributed by atoms with Crippen LogP contribution in [0, 0.1) is 7.14 Å². The fourth-order valence-corrected chi connectivity index (χ4v) is 3.66. The fraction of sp³-hybridized carbons (Fsp3) is 0.469. The maximum absolute atomic E-state index is 12.3. The van der Waals surface area contributed by atoms with E-state index in [1.54, 1.807) is 43.4 Å². The summed E-state index contributed by atoms with van der Waals surface area (Å²) in [7, 11) is 1.60. The number of pyridine rings is 2. The molecule has 47 heavy (non-hydrogen) atoms. The van der Waals surface area contributed by atoms with Crippen LogP contribution < -0.4 is 20.5 Å². The van der Waals surface area contributed by atoms with Gasteiger partial charge in [0, 0.05) is 63.6 Å². The summed E-state index contributed by atoms with van der Waals surface area (Å²) < 4.78 is 18.5. The lowest BCUT2D eigenvalue weighted by molar-refractivity contribution is -0.116. The molecule has 11 nitrogen and oxygen atoms in total. The van der Waals surface area contributed by atoms with Gasteiger partial charge in [-0.25, -0.2) is 14.8 Å². The van der Waals surface area contributed by atoms with Gasteiger partial charge in [0.05, 0.1) is 13.2 Å². The Balaban J connectivity index is 0. The van der Waals surface area contributed by atoms with E-state index in [1.165, 1.54) is 12.2 Å². The highest BCUT2D eigenvalue weighted by atomic mass is 127. The first-order valence-electron chi connectivity index (χ1n) is 14.6. The molecule has 0 radical (unpaired) electrons. The molecule has 0 aromatic carbocycles. The molecule has 264 valence electrons. The number of likely N-dealkylation sites (N-methyl/N-ethyl adjacent to an activating group) is 1. The van der Waals surface area contributed by atoms with Gasteiger partial charge in [-0.05, 0) is 110 Å². The van der Waals surface area contributed by atoms with Gasteiger partial charge in [0.1, 0.15) is 5.60 Å². The predicted octanol–water partition coefficient (Wildman–Crippen LogP) is 6.75. The molecule has 0 atom stereocenters. The number of ether oxygens (including phenoxy) is 3. The van der Waals surface area contributed by atoms with Gasteiger partial charge in [-0.15, -0.1) is 12.4 Å². The Morgan fingerprint density at radius 1 is 0.957 bits per heavy atom. The van der Waals surface area contributed by atoms with Crippen molar-refractivity contribution in [3.63, 3.8) is 0 Å². The maximum atomic E-state index is 12.3. The molecule has 0 aliphatic carbocycles. The Hall–Kier alpha value is -2.02. The molecule has 2 aromatic rings. The van der Waals surface area contributed by atoms with Crippen LogP contribution in [0.25, 0.3) is 0 Å². The quantitative estimate of drug-likeness (QED) is 0.0858. The number of carbonyl (C=O) groups excluding carboxylic acids is 3. The van der Waals surface area contributed by atoms with Crippen LogP contribution in [-0.4, -0.2) is 83.5 Å². The monoisotopic (exact) mass is 965 g/mol. The Morgan fingerprint density at radius 2 is 1.51 bits per heavy atom. The Labute approximate surface area is 321 Å². The van der Waals surface area contributed by atoms with Crippen molar-refractivity contribution in [2.45, 2.75) is 52.6 Å². The lowest BCUT2D eigenvalue weighted by atomic mass is 10.2. The van der Waals surface area contributed by atoms with Crippen molar-refractivity contribution in [2.75, 3.05) is 45.2 Å². The van der Waals surface area contributed by atoms with E-state index in [1.807, 2.05) is 45.0 Å². The minimum Gasteiger partial charge on any atom is -0.478 e. The van der Waals surface area contributed by atoms with Gasteiger partial charge in [0.2, 0.25) is 17.7 Å². The van der Waals surface area contributed by atoms with Crippen LogP contribution >= 0.6 is 73.5 Å². The van der Waals surface area contributed by atoms with Crippen LogP contribution in [0.4, 0.5) is 4.79 Å². The average Bonchev–Trinajstić information content (AvgIpc) is 3.02. The first-order valence-corrected chi connectivity index (χ1v) is 17.9. The molecule has 0 saturated heterocycles. The van der Waals surface area contributed by atoms with Crippen molar-refractivity contribution in [1.29, 1.82) is 0 Å². The standard InChI is InChI=1S/C19H27IN2O4.C8H11IN2O.C5H8BrNO.ClH/c1-5-16(23)8-6-11-22(18(24)26-19(2,3)4)12-7-13-25-17-10-9-15(20)14-21-17;9-7-2-3-8(11-6-7)12-5-1-4-10;1-7-5(8)3-2-4-6;/h6,8-10,14H,5,7,11-13H2,1-4H3;2-3,6H,1,4-5,10H2;2-3H,4H2,1H3,(H,7,8);1H/b8-6+;;3-2+;. The van der Waals surface area contributed by atoms with Crippen molar-refractivity contribution in [3.8, 4) is 11.8 Å². The van der Waals surface area contributed by atoms with Crippen molar-refractivity contribution in [2.24, 2.45) is 5.73 Å². The van der Waals surface area contributed by atoms with E-state index in [2.05, 4.69) is 76.4 Å². The summed E-state index contributed by atoms with van der Waals surface area (Å²) in [4.78, 5) is 43.9. The van der Waals surface area contributed by atoms with Gasteiger partial charge in [-0.3, -0.25) is 9.59 Å². The van der Waals surface area contributed by atoms with Gasteiger partial charge in [0.25, 0.3) is 0 Å². The van der Waals surface area contributed by atoms with Crippen LogP contribution in [0.15, 0.2) is 61.0 Å². The third-order valence-electron chi connectivity index (χ3n) is 5.06. The Kier molecular flexibility index (Phi) is 29.0. The SMILES string of the molecule is CCC(=O)/C=C/CN(CCCOc1ccc(I)cn1)C(=O)OC(C)(C)C.CNC(=O)/C=C/CBr.Cl.NCCCOc1ccc(I)cn1. The average molecular weight is 967 g/mol. The number of allylic oxidation sites excluding steroid dienone is 2. The lowest BCUT2D eigenvalue weighted by Gasteiger charge is -2.26. The molecule has 0 saturated carbocycles. The highest BCUT2D eigenvalue weighted by Gasteiger charge is 2.21.